The molecule has 0 fully saturated rings. The Morgan fingerprint density at radius 3 is 1.72 bits per heavy atom. The maximum absolute atomic E-state index is 11.7. The predicted molar refractivity (Wildman–Crippen MR) is 92.9 cm³/mol. The van der Waals surface area contributed by atoms with Crippen LogP contribution < -0.4 is 34.9 Å². The van der Waals surface area contributed by atoms with E-state index >= 15 is 0 Å². The molecule has 0 aliphatic heterocycles. The maximum Gasteiger partial charge on any atom is 1.00 e. The molecule has 0 heterocycles. The van der Waals surface area contributed by atoms with Crippen LogP contribution in [0, 0.1) is 0 Å². The van der Waals surface area contributed by atoms with E-state index in [1.807, 2.05) is 0 Å². The van der Waals surface area contributed by atoms with Crippen LogP contribution in [0.2, 0.25) is 0 Å². The Balaban J connectivity index is 0. The number of nitrogens with one attached hydrogen (secondary N) is 1. The van der Waals surface area contributed by atoms with Crippen molar-refractivity contribution in [2.24, 2.45) is 0 Å². The summed E-state index contributed by atoms with van der Waals surface area (Å²) in [6.07, 6.45) is 11.7. The molecule has 0 rings (SSSR count). The van der Waals surface area contributed by atoms with E-state index in [1.54, 1.807) is 0 Å². The summed E-state index contributed by atoms with van der Waals surface area (Å²) in [5, 5.41) is 20.0. The van der Waals surface area contributed by atoms with E-state index in [4.69, 9.17) is 10.2 Å². The molecule has 0 aromatic rings. The fraction of sp³-hybridized carbons (Fsp3) is 0.833. The van der Waals surface area contributed by atoms with E-state index in [2.05, 4.69) is 12.2 Å². The second-order valence-electron chi connectivity index (χ2n) is 6.32. The topological polar surface area (TPSA) is 104 Å². The van der Waals surface area contributed by atoms with E-state index in [0.29, 0.717) is 6.42 Å². The van der Waals surface area contributed by atoms with Crippen LogP contribution in [0.4, 0.5) is 0 Å². The van der Waals surface area contributed by atoms with Crippen molar-refractivity contribution in [1.82, 2.24) is 5.32 Å². The van der Waals surface area contributed by atoms with Crippen LogP contribution in [0.15, 0.2) is 0 Å². The quantitative estimate of drug-likeness (QED) is 0.276. The summed E-state index contributed by atoms with van der Waals surface area (Å²) in [5.41, 5.74) is 0. The van der Waals surface area contributed by atoms with E-state index in [0.717, 1.165) is 19.3 Å². The van der Waals surface area contributed by atoms with Gasteiger partial charge in [0.15, 0.2) is 0 Å². The van der Waals surface area contributed by atoms with Crippen molar-refractivity contribution in [2.45, 2.75) is 96.4 Å². The summed E-state index contributed by atoms with van der Waals surface area (Å²) >= 11 is 0. The molecule has 0 saturated carbocycles. The van der Waals surface area contributed by atoms with Gasteiger partial charge in [0.25, 0.3) is 0 Å². The van der Waals surface area contributed by atoms with E-state index < -0.39 is 18.0 Å². The Kier molecular flexibility index (Phi) is 19.4. The summed E-state index contributed by atoms with van der Waals surface area (Å²) in [7, 11) is 0. The Hall–Kier alpha value is -0.590. The molecular weight excluding hydrogens is 333 g/mol. The zero-order chi connectivity index (χ0) is 18.2. The first-order valence-corrected chi connectivity index (χ1v) is 9.21. The van der Waals surface area contributed by atoms with E-state index in [1.165, 1.54) is 44.9 Å². The fourth-order valence-corrected chi connectivity index (χ4v) is 2.56. The summed E-state index contributed by atoms with van der Waals surface area (Å²) in [6, 6.07) is -1.11. The third-order valence-electron chi connectivity index (χ3n) is 4.04. The number of unbranched alkanes of at least 4 members (excludes halogenated alkanes) is 9. The molecule has 25 heavy (non-hydrogen) atoms. The maximum atomic E-state index is 11.7. The van der Waals surface area contributed by atoms with E-state index in [9.17, 15) is 14.4 Å². The normalized spacial score (nSPS) is 11.4. The van der Waals surface area contributed by atoms with Gasteiger partial charge in [0, 0.05) is 12.8 Å². The molecule has 0 radical (unpaired) electrons. The van der Waals surface area contributed by atoms with Crippen LogP contribution in [0.25, 0.3) is 0 Å². The molecular formula is C18H33NNaO5+. The van der Waals surface area contributed by atoms with Crippen molar-refractivity contribution in [3.05, 3.63) is 0 Å². The molecule has 0 saturated heterocycles. The van der Waals surface area contributed by atoms with Gasteiger partial charge in [-0.25, -0.2) is 4.79 Å². The first-order valence-electron chi connectivity index (χ1n) is 9.21. The molecule has 0 aliphatic rings. The number of hydrogen-bond acceptors (Lipinski definition) is 3. The first kappa shape index (κ1) is 26.6. The number of aliphatic carboxylic acids is 2. The number of carboxylic acid groups (broad SMARTS) is 2. The van der Waals surface area contributed by atoms with Crippen molar-refractivity contribution in [3.8, 4) is 0 Å². The average Bonchev–Trinajstić information content (AvgIpc) is 2.52. The minimum absolute atomic E-state index is 0. The molecule has 7 heteroatoms. The minimum Gasteiger partial charge on any atom is -0.481 e. The van der Waals surface area contributed by atoms with Gasteiger partial charge in [-0.2, -0.15) is 0 Å². The van der Waals surface area contributed by atoms with Gasteiger partial charge in [-0.3, -0.25) is 9.59 Å². The second kappa shape index (κ2) is 18.2. The zero-order valence-electron chi connectivity index (χ0n) is 15.9. The van der Waals surface area contributed by atoms with Crippen molar-refractivity contribution in [1.29, 1.82) is 0 Å². The molecule has 0 aromatic heterocycles. The van der Waals surface area contributed by atoms with Crippen molar-refractivity contribution in [2.75, 3.05) is 0 Å². The van der Waals surface area contributed by atoms with Gasteiger partial charge in [0.1, 0.15) is 6.04 Å². The summed E-state index contributed by atoms with van der Waals surface area (Å²) in [4.78, 5) is 33.2. The standard InChI is InChI=1S/C18H33NO5.Na/c1-2-3-4-5-6-7-8-9-10-11-12-16(20)19-15(18(23)24)13-14-17(21)22;/h15H,2-14H2,1H3,(H,19,20)(H,21,22)(H,23,24);/q;+1. The van der Waals surface area contributed by atoms with Gasteiger partial charge in [-0.05, 0) is 12.8 Å². The summed E-state index contributed by atoms with van der Waals surface area (Å²) in [6.45, 7) is 2.21. The van der Waals surface area contributed by atoms with Crippen molar-refractivity contribution >= 4 is 17.8 Å². The number of rotatable bonds is 16. The third kappa shape index (κ3) is 18.0. The van der Waals surface area contributed by atoms with Crippen LogP contribution in [0.5, 0.6) is 0 Å². The third-order valence-corrected chi connectivity index (χ3v) is 4.04. The zero-order valence-corrected chi connectivity index (χ0v) is 17.9. The van der Waals surface area contributed by atoms with Gasteiger partial charge >= 0.3 is 41.5 Å². The SMILES string of the molecule is CCCCCCCCCCCCC(=O)NC(CCC(=O)O)C(=O)O.[Na+]. The molecule has 0 aromatic carbocycles. The van der Waals surface area contributed by atoms with Crippen molar-refractivity contribution in [3.63, 3.8) is 0 Å². The summed E-state index contributed by atoms with van der Waals surface area (Å²) in [5.74, 6) is -2.56. The smallest absolute Gasteiger partial charge is 0.481 e. The van der Waals surface area contributed by atoms with Gasteiger partial charge in [-0.1, -0.05) is 64.7 Å². The Bertz CT molecular complexity index is 376. The van der Waals surface area contributed by atoms with Crippen LogP contribution in [-0.2, 0) is 14.4 Å². The van der Waals surface area contributed by atoms with Gasteiger partial charge in [0.05, 0.1) is 0 Å². The number of carbonyl (C=O) groups excluding carboxylic acids is 1. The van der Waals surface area contributed by atoms with Crippen LogP contribution in [0.1, 0.15) is 90.4 Å². The van der Waals surface area contributed by atoms with Crippen molar-refractivity contribution < 1.29 is 54.2 Å². The van der Waals surface area contributed by atoms with Gasteiger partial charge in [0.2, 0.25) is 5.91 Å². The van der Waals surface area contributed by atoms with Gasteiger partial charge < -0.3 is 15.5 Å². The van der Waals surface area contributed by atoms with Crippen LogP contribution in [0.3, 0.4) is 0 Å². The molecule has 0 aliphatic carbocycles. The second-order valence-corrected chi connectivity index (χ2v) is 6.32. The number of carboxylic acids is 2. The van der Waals surface area contributed by atoms with Gasteiger partial charge in [-0.15, -0.1) is 0 Å². The number of carbonyl (C=O) groups is 3. The monoisotopic (exact) mass is 366 g/mol. The number of hydrogen-bond donors (Lipinski definition) is 3. The molecule has 0 bridgehead atoms. The molecule has 1 amide bonds. The Morgan fingerprint density at radius 1 is 0.800 bits per heavy atom. The molecule has 6 nitrogen and oxygen atoms in total. The molecule has 140 valence electrons. The first-order chi connectivity index (χ1) is 11.5. The molecule has 3 N–H and O–H groups in total. The summed E-state index contributed by atoms with van der Waals surface area (Å²) < 4.78 is 0. The molecule has 1 unspecified atom stereocenters. The Labute approximate surface area is 173 Å². The molecule has 1 atom stereocenters. The molecule has 0 spiro atoms. The Morgan fingerprint density at radius 2 is 1.28 bits per heavy atom. The largest absolute Gasteiger partial charge is 1.00 e. The van der Waals surface area contributed by atoms with Crippen LogP contribution >= 0.6 is 0 Å². The predicted octanol–water partition coefficient (Wildman–Crippen LogP) is 0.736. The average molecular weight is 366 g/mol. The fourth-order valence-electron chi connectivity index (χ4n) is 2.56. The number of amides is 1. The van der Waals surface area contributed by atoms with Crippen LogP contribution in [-0.4, -0.2) is 34.1 Å². The van der Waals surface area contributed by atoms with E-state index in [-0.39, 0.29) is 48.3 Å². The minimum atomic E-state index is -1.19.